The molecule has 1 aromatic carbocycles. The summed E-state index contributed by atoms with van der Waals surface area (Å²) in [6, 6.07) is 11.5. The zero-order valence-electron chi connectivity index (χ0n) is 14.9. The van der Waals surface area contributed by atoms with Crippen LogP contribution >= 0.6 is 0 Å². The van der Waals surface area contributed by atoms with Crippen molar-refractivity contribution in [1.82, 2.24) is 19.3 Å². The third kappa shape index (κ3) is 4.05. The van der Waals surface area contributed by atoms with E-state index in [0.29, 0.717) is 0 Å². The molecule has 6 nitrogen and oxygen atoms in total. The van der Waals surface area contributed by atoms with Gasteiger partial charge in [-0.1, -0.05) is 12.1 Å². The summed E-state index contributed by atoms with van der Waals surface area (Å²) in [6.45, 7) is 8.82. The predicted molar refractivity (Wildman–Crippen MR) is 102 cm³/mol. The number of fused-ring (bicyclic) bond motifs is 1. The molecule has 0 amide bonds. The molecule has 2 aromatic heterocycles. The van der Waals surface area contributed by atoms with Gasteiger partial charge in [-0.2, -0.15) is 0 Å². The molecule has 0 aliphatic heterocycles. The molecule has 0 saturated heterocycles. The molecule has 2 heterocycles. The van der Waals surface area contributed by atoms with Gasteiger partial charge in [-0.3, -0.25) is 0 Å². The maximum atomic E-state index is 12.3. The molecule has 1 atom stereocenters. The van der Waals surface area contributed by atoms with Crippen molar-refractivity contribution in [2.45, 2.75) is 38.1 Å². The number of hydrogen-bond acceptors (Lipinski definition) is 4. The second-order valence-electron chi connectivity index (χ2n) is 6.81. The van der Waals surface area contributed by atoms with E-state index in [9.17, 15) is 4.21 Å². The van der Waals surface area contributed by atoms with E-state index in [1.54, 1.807) is 6.20 Å². The highest BCUT2D eigenvalue weighted by molar-refractivity contribution is 7.83. The monoisotopic (exact) mass is 357 g/mol. The maximum absolute atomic E-state index is 12.3. The average Bonchev–Trinajstić information content (AvgIpc) is 2.97. The van der Waals surface area contributed by atoms with Crippen LogP contribution in [0.4, 0.5) is 5.82 Å². The number of rotatable bonds is 5. The van der Waals surface area contributed by atoms with Gasteiger partial charge in [-0.05, 0) is 52.0 Å². The van der Waals surface area contributed by atoms with E-state index < -0.39 is 11.0 Å². The maximum Gasteiger partial charge on any atom is 0.154 e. The number of benzene rings is 1. The minimum absolute atomic E-state index is 0.211. The van der Waals surface area contributed by atoms with Gasteiger partial charge in [0.05, 0.1) is 16.8 Å². The minimum atomic E-state index is -1.24. The van der Waals surface area contributed by atoms with E-state index >= 15 is 0 Å². The second kappa shape index (κ2) is 6.93. The van der Waals surface area contributed by atoms with Crippen molar-refractivity contribution in [3.05, 3.63) is 42.6 Å². The smallest absolute Gasteiger partial charge is 0.154 e. The topological polar surface area (TPSA) is 71.3 Å². The van der Waals surface area contributed by atoms with Crippen LogP contribution in [0.1, 0.15) is 27.7 Å². The Morgan fingerprint density at radius 1 is 1.12 bits per heavy atom. The Kier molecular flexibility index (Phi) is 4.87. The molecular formula is C18H23N5OS. The summed E-state index contributed by atoms with van der Waals surface area (Å²) in [5.74, 6) is 0.807. The van der Waals surface area contributed by atoms with Crippen molar-refractivity contribution in [2.24, 2.45) is 0 Å². The highest BCUT2D eigenvalue weighted by Crippen LogP contribution is 2.22. The van der Waals surface area contributed by atoms with Crippen molar-refractivity contribution in [2.75, 3.05) is 11.9 Å². The summed E-state index contributed by atoms with van der Waals surface area (Å²) in [5.41, 5.74) is 2.46. The summed E-state index contributed by atoms with van der Waals surface area (Å²) in [5, 5.41) is 7.78. The van der Waals surface area contributed by atoms with Crippen LogP contribution in [0.2, 0.25) is 0 Å². The summed E-state index contributed by atoms with van der Waals surface area (Å²) in [6.07, 6.45) is 1.80. The Bertz CT molecular complexity index is 896. The molecule has 7 heteroatoms. The molecule has 0 spiro atoms. The van der Waals surface area contributed by atoms with Crippen molar-refractivity contribution in [3.8, 4) is 11.3 Å². The molecule has 1 unspecified atom stereocenters. The van der Waals surface area contributed by atoms with Gasteiger partial charge in [0.25, 0.3) is 0 Å². The van der Waals surface area contributed by atoms with Crippen LogP contribution in [0.15, 0.2) is 47.5 Å². The van der Waals surface area contributed by atoms with Gasteiger partial charge in [0.1, 0.15) is 16.8 Å². The molecule has 0 aliphatic rings. The van der Waals surface area contributed by atoms with Gasteiger partial charge in [0.2, 0.25) is 0 Å². The molecule has 132 valence electrons. The fourth-order valence-electron chi connectivity index (χ4n) is 2.43. The zero-order chi connectivity index (χ0) is 18.0. The summed E-state index contributed by atoms with van der Waals surface area (Å²) < 4.78 is 17.2. The Morgan fingerprint density at radius 2 is 1.84 bits per heavy atom. The molecule has 3 aromatic rings. The van der Waals surface area contributed by atoms with Gasteiger partial charge >= 0.3 is 0 Å². The highest BCUT2D eigenvalue weighted by Gasteiger charge is 2.15. The highest BCUT2D eigenvalue weighted by atomic mass is 32.2. The normalized spacial score (nSPS) is 13.1. The number of nitrogens with zero attached hydrogens (tertiary/aromatic N) is 3. The summed E-state index contributed by atoms with van der Waals surface area (Å²) >= 11 is 0. The molecule has 0 radical (unpaired) electrons. The van der Waals surface area contributed by atoms with Gasteiger partial charge in [-0.25, -0.2) is 18.4 Å². The summed E-state index contributed by atoms with van der Waals surface area (Å²) in [4.78, 5) is 5.15. The van der Waals surface area contributed by atoms with Crippen LogP contribution in [-0.4, -0.2) is 30.9 Å². The molecule has 2 N–H and O–H groups in total. The number of nitrogens with one attached hydrogen (secondary N) is 2. The number of hydrogen-bond donors (Lipinski definition) is 2. The molecule has 0 saturated carbocycles. The fraction of sp³-hybridized carbons (Fsp3) is 0.333. The molecule has 0 fully saturated rings. The second-order valence-corrected chi connectivity index (χ2v) is 8.02. The third-order valence-electron chi connectivity index (χ3n) is 3.48. The largest absolute Gasteiger partial charge is 0.369 e. The van der Waals surface area contributed by atoms with Crippen molar-refractivity contribution >= 4 is 22.5 Å². The molecular weight excluding hydrogens is 334 g/mol. The van der Waals surface area contributed by atoms with Gasteiger partial charge in [0, 0.05) is 17.6 Å². The Hall–Kier alpha value is -2.25. The standard InChI is InChI=1S/C18H23N5OS/c1-5-19-16-10-11-17-20-12-15(23(17)21-16)13-6-8-14(9-7-13)25(24)22-18(2,3)4/h6-12,22H,5H2,1-4H3,(H,19,21). The van der Waals surface area contributed by atoms with E-state index in [2.05, 4.69) is 20.1 Å². The van der Waals surface area contributed by atoms with Crippen molar-refractivity contribution in [3.63, 3.8) is 0 Å². The predicted octanol–water partition coefficient (Wildman–Crippen LogP) is 3.24. The quantitative estimate of drug-likeness (QED) is 0.735. The van der Waals surface area contributed by atoms with E-state index in [4.69, 9.17) is 0 Å². The van der Waals surface area contributed by atoms with E-state index in [1.165, 1.54) is 0 Å². The lowest BCUT2D eigenvalue weighted by molar-refractivity contribution is 0.519. The fourth-order valence-corrected chi connectivity index (χ4v) is 3.49. The summed E-state index contributed by atoms with van der Waals surface area (Å²) in [7, 11) is -1.24. The van der Waals surface area contributed by atoms with Crippen LogP contribution in [0.3, 0.4) is 0 Å². The Morgan fingerprint density at radius 3 is 2.48 bits per heavy atom. The molecule has 3 rings (SSSR count). The zero-order valence-corrected chi connectivity index (χ0v) is 15.7. The lowest BCUT2D eigenvalue weighted by Crippen LogP contribution is -2.37. The van der Waals surface area contributed by atoms with Crippen LogP contribution in [-0.2, 0) is 11.0 Å². The first-order valence-corrected chi connectivity index (χ1v) is 9.41. The van der Waals surface area contributed by atoms with Gasteiger partial charge in [0.15, 0.2) is 5.65 Å². The number of aromatic nitrogens is 3. The lowest BCUT2D eigenvalue weighted by Gasteiger charge is -2.19. The average molecular weight is 357 g/mol. The number of anilines is 1. The van der Waals surface area contributed by atoms with Crippen LogP contribution in [0, 0.1) is 0 Å². The van der Waals surface area contributed by atoms with Crippen molar-refractivity contribution in [1.29, 1.82) is 0 Å². The first-order valence-electron chi connectivity index (χ1n) is 8.26. The third-order valence-corrected chi connectivity index (χ3v) is 4.98. The first kappa shape index (κ1) is 17.6. The lowest BCUT2D eigenvalue weighted by atomic mass is 10.1. The SMILES string of the molecule is CCNc1ccc2ncc(-c3ccc(S(=O)NC(C)(C)C)cc3)n2n1. The molecule has 25 heavy (non-hydrogen) atoms. The Balaban J connectivity index is 1.91. The van der Waals surface area contributed by atoms with Gasteiger partial charge < -0.3 is 5.32 Å². The van der Waals surface area contributed by atoms with Crippen LogP contribution < -0.4 is 10.0 Å². The van der Waals surface area contributed by atoms with E-state index in [1.807, 2.05) is 68.6 Å². The van der Waals surface area contributed by atoms with E-state index in [-0.39, 0.29) is 5.54 Å². The van der Waals surface area contributed by atoms with E-state index in [0.717, 1.165) is 34.2 Å². The molecule has 0 aliphatic carbocycles. The van der Waals surface area contributed by atoms with Gasteiger partial charge in [-0.15, -0.1) is 5.10 Å². The Labute approximate surface area is 150 Å². The minimum Gasteiger partial charge on any atom is -0.369 e. The van der Waals surface area contributed by atoms with Crippen LogP contribution in [0.25, 0.3) is 16.9 Å². The number of imidazole rings is 1. The first-order chi connectivity index (χ1) is 11.9. The van der Waals surface area contributed by atoms with Crippen molar-refractivity contribution < 1.29 is 4.21 Å². The molecule has 0 bridgehead atoms. The van der Waals surface area contributed by atoms with Crippen LogP contribution in [0.5, 0.6) is 0 Å².